The van der Waals surface area contributed by atoms with Gasteiger partial charge in [0.25, 0.3) is 5.91 Å². The monoisotopic (exact) mass is 422 g/mol. The maximum Gasteiger partial charge on any atom is 0.451 e. The Morgan fingerprint density at radius 1 is 1.17 bits per heavy atom. The fourth-order valence-corrected chi connectivity index (χ4v) is 3.52. The highest BCUT2D eigenvalue weighted by Crippen LogP contribution is 2.29. The molecule has 4 rings (SSSR count). The molecule has 0 saturated heterocycles. The number of hydrogen-bond donors (Lipinski definition) is 2. The molecule has 12 heteroatoms. The molecule has 0 aliphatic carbocycles. The summed E-state index contributed by atoms with van der Waals surface area (Å²) in [5, 5.41) is 12.0. The molecule has 1 aromatic heterocycles. The van der Waals surface area contributed by atoms with Crippen molar-refractivity contribution in [1.29, 1.82) is 0 Å². The highest BCUT2D eigenvalue weighted by molar-refractivity contribution is 6.09. The van der Waals surface area contributed by atoms with Crippen molar-refractivity contribution in [3.63, 3.8) is 0 Å². The number of carbonyl (C=O) groups excluding carboxylic acids is 3. The van der Waals surface area contributed by atoms with Crippen molar-refractivity contribution in [3.8, 4) is 0 Å². The Labute approximate surface area is 168 Å². The van der Waals surface area contributed by atoms with E-state index in [2.05, 4.69) is 20.8 Å². The first kappa shape index (κ1) is 19.9. The first-order valence-corrected chi connectivity index (χ1v) is 9.22. The Hall–Kier alpha value is -3.44. The van der Waals surface area contributed by atoms with E-state index in [9.17, 15) is 27.6 Å². The second kappa shape index (κ2) is 7.43. The summed E-state index contributed by atoms with van der Waals surface area (Å²) in [7, 11) is 0. The average molecular weight is 422 g/mol. The van der Waals surface area contributed by atoms with Crippen LogP contribution in [-0.4, -0.2) is 50.0 Å². The van der Waals surface area contributed by atoms with Gasteiger partial charge in [-0.2, -0.15) is 13.2 Å². The second-order valence-electron chi connectivity index (χ2n) is 7.00. The van der Waals surface area contributed by atoms with Crippen molar-refractivity contribution in [2.45, 2.75) is 38.1 Å². The van der Waals surface area contributed by atoms with Gasteiger partial charge in [0.2, 0.25) is 17.6 Å². The molecule has 158 valence electrons. The lowest BCUT2D eigenvalue weighted by molar-refractivity contribution is -0.148. The quantitative estimate of drug-likeness (QED) is 0.772. The summed E-state index contributed by atoms with van der Waals surface area (Å²) >= 11 is 0. The number of anilines is 1. The highest BCUT2D eigenvalue weighted by atomic mass is 19.4. The fourth-order valence-electron chi connectivity index (χ4n) is 3.52. The van der Waals surface area contributed by atoms with E-state index in [-0.39, 0.29) is 44.2 Å². The van der Waals surface area contributed by atoms with Gasteiger partial charge in [-0.05, 0) is 18.6 Å². The van der Waals surface area contributed by atoms with Gasteiger partial charge in [0.05, 0.1) is 17.8 Å². The van der Waals surface area contributed by atoms with Crippen LogP contribution in [0.1, 0.15) is 34.8 Å². The summed E-state index contributed by atoms with van der Waals surface area (Å²) < 4.78 is 39.7. The molecule has 0 spiro atoms. The number of hydrogen-bond acceptors (Lipinski definition) is 5. The van der Waals surface area contributed by atoms with Crippen molar-refractivity contribution in [1.82, 2.24) is 25.0 Å². The van der Waals surface area contributed by atoms with E-state index in [1.54, 1.807) is 24.3 Å². The Balaban J connectivity index is 1.38. The van der Waals surface area contributed by atoms with Crippen molar-refractivity contribution in [2.75, 3.05) is 11.9 Å². The molecule has 1 atom stereocenters. The zero-order valence-electron chi connectivity index (χ0n) is 15.6. The van der Waals surface area contributed by atoms with E-state index in [4.69, 9.17) is 0 Å². The number of carbonyl (C=O) groups is 3. The SMILES string of the molecule is O=C1NC(CCC(=O)N2CCn3c(nnc3C(F)(F)F)C2)C(=O)Nc2ccccc21. The van der Waals surface area contributed by atoms with Crippen LogP contribution in [0, 0.1) is 0 Å². The van der Waals surface area contributed by atoms with Crippen molar-refractivity contribution >= 4 is 23.4 Å². The highest BCUT2D eigenvalue weighted by Gasteiger charge is 2.40. The zero-order valence-corrected chi connectivity index (χ0v) is 15.6. The normalized spacial score (nSPS) is 18.8. The molecule has 3 amide bonds. The van der Waals surface area contributed by atoms with Crippen molar-refractivity contribution < 1.29 is 27.6 Å². The predicted molar refractivity (Wildman–Crippen MR) is 96.0 cm³/mol. The number of halogens is 3. The van der Waals surface area contributed by atoms with Crippen LogP contribution >= 0.6 is 0 Å². The van der Waals surface area contributed by atoms with Crippen LogP contribution < -0.4 is 10.6 Å². The molecule has 0 bridgehead atoms. The molecule has 1 unspecified atom stereocenters. The molecule has 9 nitrogen and oxygen atoms in total. The Bertz CT molecular complexity index is 1020. The van der Waals surface area contributed by atoms with Crippen LogP contribution in [-0.2, 0) is 28.9 Å². The maximum absolute atomic E-state index is 12.9. The summed E-state index contributed by atoms with van der Waals surface area (Å²) in [6.07, 6.45) is -4.61. The van der Waals surface area contributed by atoms with Crippen LogP contribution in [0.25, 0.3) is 0 Å². The van der Waals surface area contributed by atoms with Crippen LogP contribution in [0.3, 0.4) is 0 Å². The van der Waals surface area contributed by atoms with Gasteiger partial charge < -0.3 is 20.1 Å². The average Bonchev–Trinajstić information content (AvgIpc) is 3.09. The van der Waals surface area contributed by atoms with Gasteiger partial charge in [-0.3, -0.25) is 14.4 Å². The first-order chi connectivity index (χ1) is 14.2. The van der Waals surface area contributed by atoms with Crippen LogP contribution in [0.4, 0.5) is 18.9 Å². The lowest BCUT2D eigenvalue weighted by atomic mass is 10.1. The third kappa shape index (κ3) is 3.72. The Kier molecular flexibility index (Phi) is 4.92. The third-order valence-corrected chi connectivity index (χ3v) is 5.06. The lowest BCUT2D eigenvalue weighted by Crippen LogP contribution is -2.43. The maximum atomic E-state index is 12.9. The minimum Gasteiger partial charge on any atom is -0.340 e. The number of rotatable bonds is 3. The molecule has 2 aromatic rings. The number of alkyl halides is 3. The minimum absolute atomic E-state index is 0.0536. The van der Waals surface area contributed by atoms with Crippen LogP contribution in [0.5, 0.6) is 0 Å². The third-order valence-electron chi connectivity index (χ3n) is 5.06. The molecule has 0 saturated carbocycles. The van der Waals surface area contributed by atoms with Gasteiger partial charge in [-0.1, -0.05) is 12.1 Å². The number of nitrogens with zero attached hydrogens (tertiary/aromatic N) is 4. The van der Waals surface area contributed by atoms with Gasteiger partial charge >= 0.3 is 6.18 Å². The van der Waals surface area contributed by atoms with Gasteiger partial charge in [-0.25, -0.2) is 0 Å². The lowest BCUT2D eigenvalue weighted by Gasteiger charge is -2.28. The van der Waals surface area contributed by atoms with E-state index in [0.717, 1.165) is 4.57 Å². The van der Waals surface area contributed by atoms with E-state index in [1.807, 2.05) is 0 Å². The molecule has 3 heterocycles. The van der Waals surface area contributed by atoms with Gasteiger partial charge in [0, 0.05) is 19.5 Å². The first-order valence-electron chi connectivity index (χ1n) is 9.22. The summed E-state index contributed by atoms with van der Waals surface area (Å²) in [5.41, 5.74) is 0.722. The van der Waals surface area contributed by atoms with Crippen LogP contribution in [0.15, 0.2) is 24.3 Å². The van der Waals surface area contributed by atoms with Crippen LogP contribution in [0.2, 0.25) is 0 Å². The number of fused-ring (bicyclic) bond motifs is 2. The smallest absolute Gasteiger partial charge is 0.340 e. The van der Waals surface area contributed by atoms with Gasteiger partial charge in [0.1, 0.15) is 6.04 Å². The summed E-state index contributed by atoms with van der Waals surface area (Å²) in [5.74, 6) is -2.23. The number of para-hydroxylation sites is 1. The van der Waals surface area contributed by atoms with E-state index < -0.39 is 29.9 Å². The summed E-state index contributed by atoms with van der Waals surface area (Å²) in [4.78, 5) is 38.6. The van der Waals surface area contributed by atoms with E-state index in [1.165, 1.54) is 4.90 Å². The van der Waals surface area contributed by atoms with E-state index in [0.29, 0.717) is 11.3 Å². The number of aromatic nitrogens is 3. The predicted octanol–water partition coefficient (Wildman–Crippen LogP) is 1.17. The molecular weight excluding hydrogens is 405 g/mol. The minimum atomic E-state index is -4.61. The molecule has 30 heavy (non-hydrogen) atoms. The van der Waals surface area contributed by atoms with Crippen molar-refractivity contribution in [2.24, 2.45) is 0 Å². The van der Waals surface area contributed by atoms with Crippen molar-refractivity contribution in [3.05, 3.63) is 41.5 Å². The van der Waals surface area contributed by atoms with E-state index >= 15 is 0 Å². The molecule has 0 radical (unpaired) electrons. The molecule has 1 aromatic carbocycles. The summed E-state index contributed by atoms with van der Waals surface area (Å²) in [6, 6.07) is 5.65. The summed E-state index contributed by atoms with van der Waals surface area (Å²) in [6.45, 7) is -0.100. The number of nitrogens with one attached hydrogen (secondary N) is 2. The second-order valence-corrected chi connectivity index (χ2v) is 7.00. The molecule has 2 aliphatic heterocycles. The largest absolute Gasteiger partial charge is 0.451 e. The number of benzene rings is 1. The van der Waals surface area contributed by atoms with Gasteiger partial charge in [0.15, 0.2) is 5.82 Å². The van der Waals surface area contributed by atoms with Gasteiger partial charge in [-0.15, -0.1) is 10.2 Å². The fraction of sp³-hybridized carbons (Fsp3) is 0.389. The Morgan fingerprint density at radius 2 is 1.93 bits per heavy atom. The molecular formula is C18H17F3N6O3. The topological polar surface area (TPSA) is 109 Å². The zero-order chi connectivity index (χ0) is 21.5. The molecule has 0 fully saturated rings. The molecule has 2 aliphatic rings. The Morgan fingerprint density at radius 3 is 2.70 bits per heavy atom. The molecule has 2 N–H and O–H groups in total. The number of amides is 3. The standard InChI is InChI=1S/C18H17F3N6O3/c19-18(20,21)17-25-24-13-9-26(7-8-27(13)17)14(28)6-5-12-16(30)22-11-4-2-1-3-10(11)15(29)23-12/h1-4,12H,5-9H2,(H,22,30)(H,23,29).